The maximum Gasteiger partial charge on any atom is 0.115 e. The molecular formula is C9H13N3O. The van der Waals surface area contributed by atoms with Crippen molar-refractivity contribution in [2.45, 2.75) is 18.4 Å². The summed E-state index contributed by atoms with van der Waals surface area (Å²) >= 11 is 0. The third-order valence-electron chi connectivity index (χ3n) is 2.36. The van der Waals surface area contributed by atoms with Crippen molar-refractivity contribution in [3.05, 3.63) is 24.3 Å². The van der Waals surface area contributed by atoms with Gasteiger partial charge in [0.15, 0.2) is 0 Å². The van der Waals surface area contributed by atoms with E-state index in [2.05, 4.69) is 9.97 Å². The Morgan fingerprint density at radius 1 is 1.54 bits per heavy atom. The van der Waals surface area contributed by atoms with Gasteiger partial charge in [0.25, 0.3) is 0 Å². The second-order valence-corrected chi connectivity index (χ2v) is 3.41. The molecule has 0 amide bonds. The molecule has 1 saturated heterocycles. The summed E-state index contributed by atoms with van der Waals surface area (Å²) < 4.78 is 5.35. The van der Waals surface area contributed by atoms with Gasteiger partial charge in [-0.15, -0.1) is 0 Å². The lowest BCUT2D eigenvalue weighted by atomic mass is 9.90. The van der Waals surface area contributed by atoms with Crippen LogP contribution in [0.1, 0.15) is 18.5 Å². The highest BCUT2D eigenvalue weighted by Crippen LogP contribution is 2.25. The molecule has 2 heterocycles. The van der Waals surface area contributed by atoms with Crippen LogP contribution in [0.4, 0.5) is 0 Å². The van der Waals surface area contributed by atoms with Crippen LogP contribution in [-0.2, 0) is 10.3 Å². The van der Waals surface area contributed by atoms with Crippen molar-refractivity contribution < 1.29 is 4.74 Å². The number of hydrogen-bond acceptors (Lipinski definition) is 4. The molecule has 13 heavy (non-hydrogen) atoms. The molecule has 0 aliphatic carbocycles. The summed E-state index contributed by atoms with van der Waals surface area (Å²) in [6.45, 7) is 1.37. The number of rotatable bonds is 1. The van der Waals surface area contributed by atoms with Gasteiger partial charge in [0.2, 0.25) is 0 Å². The van der Waals surface area contributed by atoms with Crippen LogP contribution in [0.5, 0.6) is 0 Å². The van der Waals surface area contributed by atoms with Crippen LogP contribution in [0.2, 0.25) is 0 Å². The standard InChI is InChI=1S/C9H13N3O/c10-9(3-1-5-13-6-9)8-2-4-11-7-12-8/h2,4,7H,1,3,5-6,10H2. The fraction of sp³-hybridized carbons (Fsp3) is 0.556. The normalized spacial score (nSPS) is 28.7. The number of aromatic nitrogens is 2. The highest BCUT2D eigenvalue weighted by molar-refractivity contribution is 5.13. The first-order valence-corrected chi connectivity index (χ1v) is 4.44. The molecule has 0 spiro atoms. The molecule has 0 radical (unpaired) electrons. The summed E-state index contributed by atoms with van der Waals surface area (Å²) in [6, 6.07) is 1.86. The first kappa shape index (κ1) is 8.59. The fourth-order valence-electron chi connectivity index (χ4n) is 1.60. The first-order valence-electron chi connectivity index (χ1n) is 4.44. The number of hydrogen-bond donors (Lipinski definition) is 1. The molecule has 70 valence electrons. The van der Waals surface area contributed by atoms with Crippen molar-refractivity contribution in [1.29, 1.82) is 0 Å². The van der Waals surface area contributed by atoms with Crippen LogP contribution in [-0.4, -0.2) is 23.2 Å². The van der Waals surface area contributed by atoms with Gasteiger partial charge in [0.1, 0.15) is 6.33 Å². The topological polar surface area (TPSA) is 61.0 Å². The Kier molecular flexibility index (Phi) is 2.24. The van der Waals surface area contributed by atoms with Crippen LogP contribution in [0.15, 0.2) is 18.6 Å². The van der Waals surface area contributed by atoms with Gasteiger partial charge in [-0.3, -0.25) is 0 Å². The first-order chi connectivity index (χ1) is 6.31. The molecule has 1 atom stereocenters. The van der Waals surface area contributed by atoms with E-state index in [1.165, 1.54) is 6.33 Å². The van der Waals surface area contributed by atoms with E-state index in [-0.39, 0.29) is 0 Å². The zero-order valence-corrected chi connectivity index (χ0v) is 7.44. The third kappa shape index (κ3) is 1.68. The molecule has 2 N–H and O–H groups in total. The van der Waals surface area contributed by atoms with E-state index in [0.29, 0.717) is 6.61 Å². The molecule has 1 aliphatic heterocycles. The van der Waals surface area contributed by atoms with Gasteiger partial charge in [0.05, 0.1) is 17.8 Å². The molecular weight excluding hydrogens is 166 g/mol. The van der Waals surface area contributed by atoms with E-state index in [1.54, 1.807) is 6.20 Å². The van der Waals surface area contributed by atoms with E-state index in [9.17, 15) is 0 Å². The van der Waals surface area contributed by atoms with Gasteiger partial charge in [-0.05, 0) is 18.9 Å². The van der Waals surface area contributed by atoms with Crippen LogP contribution in [0.3, 0.4) is 0 Å². The molecule has 4 heteroatoms. The quantitative estimate of drug-likeness (QED) is 0.679. The number of nitrogens with zero attached hydrogens (tertiary/aromatic N) is 2. The zero-order valence-electron chi connectivity index (χ0n) is 7.44. The average Bonchev–Trinajstić information content (AvgIpc) is 2.20. The van der Waals surface area contributed by atoms with Gasteiger partial charge < -0.3 is 10.5 Å². The predicted molar refractivity (Wildman–Crippen MR) is 48.0 cm³/mol. The van der Waals surface area contributed by atoms with Crippen molar-refractivity contribution in [1.82, 2.24) is 9.97 Å². The van der Waals surface area contributed by atoms with E-state index in [1.807, 2.05) is 6.07 Å². The summed E-state index contributed by atoms with van der Waals surface area (Å²) in [4.78, 5) is 8.02. The van der Waals surface area contributed by atoms with Gasteiger partial charge in [-0.2, -0.15) is 0 Å². The maximum atomic E-state index is 6.17. The molecule has 2 rings (SSSR count). The molecule has 1 fully saturated rings. The molecule has 1 aliphatic rings. The number of ether oxygens (including phenoxy) is 1. The maximum absolute atomic E-state index is 6.17. The molecule has 4 nitrogen and oxygen atoms in total. The largest absolute Gasteiger partial charge is 0.379 e. The molecule has 1 aromatic heterocycles. The van der Waals surface area contributed by atoms with Crippen molar-refractivity contribution in [2.24, 2.45) is 5.73 Å². The smallest absolute Gasteiger partial charge is 0.115 e. The van der Waals surface area contributed by atoms with E-state index in [4.69, 9.17) is 10.5 Å². The van der Waals surface area contributed by atoms with Gasteiger partial charge in [0, 0.05) is 12.8 Å². The van der Waals surface area contributed by atoms with Crippen LogP contribution in [0, 0.1) is 0 Å². The van der Waals surface area contributed by atoms with Crippen molar-refractivity contribution in [2.75, 3.05) is 13.2 Å². The third-order valence-corrected chi connectivity index (χ3v) is 2.36. The summed E-state index contributed by atoms with van der Waals surface area (Å²) in [5.74, 6) is 0. The van der Waals surface area contributed by atoms with Crippen LogP contribution in [0.25, 0.3) is 0 Å². The predicted octanol–water partition coefficient (Wildman–Crippen LogP) is 0.441. The summed E-state index contributed by atoms with van der Waals surface area (Å²) in [6.07, 6.45) is 5.18. The van der Waals surface area contributed by atoms with Crippen molar-refractivity contribution >= 4 is 0 Å². The lowest BCUT2D eigenvalue weighted by Gasteiger charge is -2.32. The van der Waals surface area contributed by atoms with Crippen LogP contribution < -0.4 is 5.73 Å². The summed E-state index contributed by atoms with van der Waals surface area (Å²) in [5, 5.41) is 0. The molecule has 0 saturated carbocycles. The number of nitrogens with two attached hydrogens (primary N) is 1. The molecule has 0 aromatic carbocycles. The lowest BCUT2D eigenvalue weighted by Crippen LogP contribution is -2.45. The van der Waals surface area contributed by atoms with E-state index >= 15 is 0 Å². The Bertz CT molecular complexity index is 269. The van der Waals surface area contributed by atoms with Crippen molar-refractivity contribution in [3.8, 4) is 0 Å². The monoisotopic (exact) mass is 179 g/mol. The Morgan fingerprint density at radius 2 is 2.46 bits per heavy atom. The van der Waals surface area contributed by atoms with Gasteiger partial charge in [-0.25, -0.2) is 9.97 Å². The Balaban J connectivity index is 2.23. The summed E-state index contributed by atoms with van der Waals surface area (Å²) in [7, 11) is 0. The minimum atomic E-state index is -0.402. The average molecular weight is 179 g/mol. The molecule has 1 unspecified atom stereocenters. The van der Waals surface area contributed by atoms with E-state index < -0.39 is 5.54 Å². The highest BCUT2D eigenvalue weighted by atomic mass is 16.5. The Labute approximate surface area is 77.1 Å². The summed E-state index contributed by atoms with van der Waals surface area (Å²) in [5.41, 5.74) is 6.64. The Morgan fingerprint density at radius 3 is 3.08 bits per heavy atom. The minimum absolute atomic E-state index is 0.402. The zero-order chi connectivity index (χ0) is 9.15. The minimum Gasteiger partial charge on any atom is -0.379 e. The second-order valence-electron chi connectivity index (χ2n) is 3.41. The molecule has 1 aromatic rings. The lowest BCUT2D eigenvalue weighted by molar-refractivity contribution is 0.0348. The van der Waals surface area contributed by atoms with Crippen molar-refractivity contribution in [3.63, 3.8) is 0 Å². The van der Waals surface area contributed by atoms with Gasteiger partial charge in [-0.1, -0.05) is 0 Å². The fourth-order valence-corrected chi connectivity index (χ4v) is 1.60. The molecule has 0 bridgehead atoms. The second kappa shape index (κ2) is 3.40. The van der Waals surface area contributed by atoms with E-state index in [0.717, 1.165) is 25.1 Å². The van der Waals surface area contributed by atoms with Gasteiger partial charge >= 0.3 is 0 Å². The highest BCUT2D eigenvalue weighted by Gasteiger charge is 2.31. The van der Waals surface area contributed by atoms with Crippen LogP contribution >= 0.6 is 0 Å². The SMILES string of the molecule is NC1(c2ccncn2)CCCOC1. The Hall–Kier alpha value is -1.00.